The van der Waals surface area contributed by atoms with Crippen LogP contribution < -0.4 is 5.73 Å². The Bertz CT molecular complexity index is 462. The van der Waals surface area contributed by atoms with Crippen molar-refractivity contribution in [1.29, 1.82) is 0 Å². The Morgan fingerprint density at radius 1 is 1.63 bits per heavy atom. The lowest BCUT2D eigenvalue weighted by Crippen LogP contribution is -2.31. The molecule has 1 unspecified atom stereocenters. The van der Waals surface area contributed by atoms with E-state index in [1.54, 1.807) is 6.92 Å². The normalized spacial score (nSPS) is 13.3. The monoisotopic (exact) mass is 375 g/mol. The average molecular weight is 377 g/mol. The van der Waals surface area contributed by atoms with Crippen LogP contribution in [0.25, 0.3) is 0 Å². The highest BCUT2D eigenvalue weighted by Gasteiger charge is 2.31. The van der Waals surface area contributed by atoms with Crippen LogP contribution in [0.2, 0.25) is 5.02 Å². The number of esters is 1. The molecule has 19 heavy (non-hydrogen) atoms. The zero-order valence-electron chi connectivity index (χ0n) is 9.90. The summed E-state index contributed by atoms with van der Waals surface area (Å²) in [4.78, 5) is 11.3. The molecule has 0 amide bonds. The van der Waals surface area contributed by atoms with Gasteiger partial charge in [-0.3, -0.25) is 0 Å². The van der Waals surface area contributed by atoms with Gasteiger partial charge in [-0.2, -0.15) is 0 Å². The number of alkyl halides is 1. The Balaban J connectivity index is 0.00000324. The first kappa shape index (κ1) is 18.4. The molecule has 0 fully saturated rings. The van der Waals surface area contributed by atoms with Gasteiger partial charge < -0.3 is 15.6 Å². The van der Waals surface area contributed by atoms with Crippen LogP contribution in [-0.2, 0) is 9.53 Å². The van der Waals surface area contributed by atoms with Gasteiger partial charge in [0, 0.05) is 10.6 Å². The predicted molar refractivity (Wildman–Crippen MR) is 76.5 cm³/mol. The zero-order valence-corrected chi connectivity index (χ0v) is 13.1. The summed E-state index contributed by atoms with van der Waals surface area (Å²) in [6, 6.07) is 1.54. The van der Waals surface area contributed by atoms with Crippen molar-refractivity contribution in [2.75, 3.05) is 6.61 Å². The molecule has 1 rings (SSSR count). The Morgan fingerprint density at radius 2 is 2.21 bits per heavy atom. The smallest absolute Gasteiger partial charge is 0.342 e. The third-order valence-electron chi connectivity index (χ3n) is 2.28. The fourth-order valence-corrected chi connectivity index (χ4v) is 2.01. The van der Waals surface area contributed by atoms with Gasteiger partial charge in [-0.25, -0.2) is 9.18 Å². The second kappa shape index (κ2) is 7.89. The molecule has 2 atom stereocenters. The van der Waals surface area contributed by atoms with Crippen molar-refractivity contribution in [2.45, 2.75) is 19.1 Å². The molecule has 108 valence electrons. The maximum absolute atomic E-state index is 13.8. The average Bonchev–Trinajstić information content (AvgIpc) is 2.33. The maximum Gasteiger partial charge on any atom is 0.342 e. The van der Waals surface area contributed by atoms with E-state index in [1.165, 1.54) is 12.1 Å². The summed E-state index contributed by atoms with van der Waals surface area (Å²) in [7, 11) is 0. The third kappa shape index (κ3) is 4.21. The van der Waals surface area contributed by atoms with Crippen molar-refractivity contribution in [2.24, 2.45) is 5.73 Å². The second-order valence-electron chi connectivity index (χ2n) is 3.47. The predicted octanol–water partition coefficient (Wildman–Crippen LogP) is 3.13. The fourth-order valence-electron chi connectivity index (χ4n) is 1.39. The molecule has 1 aromatic rings. The molecule has 4 nitrogen and oxygen atoms in total. The summed E-state index contributed by atoms with van der Waals surface area (Å²) in [5.74, 6) is -1.37. The van der Waals surface area contributed by atoms with E-state index in [0.717, 1.165) is 0 Å². The van der Waals surface area contributed by atoms with Crippen LogP contribution in [0.3, 0.4) is 0 Å². The Kier molecular flexibility index (Phi) is 7.66. The summed E-state index contributed by atoms with van der Waals surface area (Å²) in [5, 5.41) is 9.86. The largest absolute Gasteiger partial charge is 0.506 e. The van der Waals surface area contributed by atoms with Crippen LogP contribution in [0.15, 0.2) is 16.6 Å². The number of carbonyl (C=O) groups excluding carboxylic acids is 1. The minimum absolute atomic E-state index is 0. The maximum atomic E-state index is 13.8. The molecule has 0 aliphatic rings. The van der Waals surface area contributed by atoms with E-state index >= 15 is 0 Å². The van der Waals surface area contributed by atoms with Crippen LogP contribution in [-0.4, -0.2) is 23.9 Å². The van der Waals surface area contributed by atoms with E-state index in [1.807, 2.05) is 0 Å². The fraction of sp³-hybridized carbons (Fsp3) is 0.364. The van der Waals surface area contributed by atoms with Crippen molar-refractivity contribution in [1.82, 2.24) is 0 Å². The number of nitrogens with two attached hydrogens (primary N) is 1. The highest BCUT2D eigenvalue weighted by molar-refractivity contribution is 9.10. The lowest BCUT2D eigenvalue weighted by Gasteiger charge is -2.18. The molecule has 3 N–H and O–H groups in total. The van der Waals surface area contributed by atoms with Gasteiger partial charge in [0.05, 0.1) is 17.1 Å². The molecule has 1 aromatic carbocycles. The Labute approximate surface area is 129 Å². The lowest BCUT2D eigenvalue weighted by molar-refractivity contribution is -0.149. The molecule has 0 radical (unpaired) electrons. The SMILES string of the molecule is CCOC(=O)C(F)[C@H](N)c1c(Cl)ccc(Br)c1O.Cl. The Morgan fingerprint density at radius 3 is 2.74 bits per heavy atom. The van der Waals surface area contributed by atoms with Crippen LogP contribution >= 0.6 is 39.9 Å². The molecule has 0 aliphatic heterocycles. The van der Waals surface area contributed by atoms with Crippen molar-refractivity contribution in [3.05, 3.63) is 27.2 Å². The standard InChI is InChI=1S/C11H12BrClFNO3.ClH/c1-2-18-11(17)8(14)9(15)7-6(13)4-3-5(12)10(7)16;/h3-4,8-9,16H,2,15H2,1H3;1H/t8?,9-;/m1./s1. The quantitative estimate of drug-likeness (QED) is 0.792. The van der Waals surface area contributed by atoms with Crippen LogP contribution in [0.5, 0.6) is 5.75 Å². The van der Waals surface area contributed by atoms with E-state index < -0.39 is 18.2 Å². The molecule has 8 heteroatoms. The van der Waals surface area contributed by atoms with E-state index in [9.17, 15) is 14.3 Å². The molecule has 0 aromatic heterocycles. The molecule has 0 spiro atoms. The lowest BCUT2D eigenvalue weighted by atomic mass is 10.0. The third-order valence-corrected chi connectivity index (χ3v) is 3.24. The summed E-state index contributed by atoms with van der Waals surface area (Å²) in [5.41, 5.74) is 5.56. The molecule has 0 bridgehead atoms. The van der Waals surface area contributed by atoms with E-state index in [2.05, 4.69) is 20.7 Å². The second-order valence-corrected chi connectivity index (χ2v) is 4.73. The summed E-state index contributed by atoms with van der Waals surface area (Å²) >= 11 is 8.91. The molecule has 0 saturated carbocycles. The number of aromatic hydroxyl groups is 1. The summed E-state index contributed by atoms with van der Waals surface area (Å²) in [6.07, 6.45) is -2.09. The zero-order chi connectivity index (χ0) is 13.9. The van der Waals surface area contributed by atoms with E-state index in [-0.39, 0.29) is 35.3 Å². The molecule has 0 aliphatic carbocycles. The minimum Gasteiger partial charge on any atom is -0.506 e. The first-order valence-electron chi connectivity index (χ1n) is 5.13. The van der Waals surface area contributed by atoms with Gasteiger partial charge in [-0.05, 0) is 35.0 Å². The van der Waals surface area contributed by atoms with E-state index in [4.69, 9.17) is 17.3 Å². The first-order chi connectivity index (χ1) is 8.40. The van der Waals surface area contributed by atoms with Crippen molar-refractivity contribution < 1.29 is 19.0 Å². The van der Waals surface area contributed by atoms with Gasteiger partial charge in [0.25, 0.3) is 0 Å². The number of halogens is 4. The minimum atomic E-state index is -2.09. The van der Waals surface area contributed by atoms with Crippen molar-refractivity contribution >= 4 is 45.9 Å². The topological polar surface area (TPSA) is 72.5 Å². The van der Waals surface area contributed by atoms with Gasteiger partial charge in [0.2, 0.25) is 6.17 Å². The van der Waals surface area contributed by atoms with Crippen LogP contribution in [0.1, 0.15) is 18.5 Å². The molecule has 0 heterocycles. The number of hydrogen-bond donors (Lipinski definition) is 2. The van der Waals surface area contributed by atoms with Gasteiger partial charge in [-0.15, -0.1) is 12.4 Å². The van der Waals surface area contributed by atoms with E-state index in [0.29, 0.717) is 4.47 Å². The number of hydrogen-bond acceptors (Lipinski definition) is 4. The van der Waals surface area contributed by atoms with Gasteiger partial charge >= 0.3 is 5.97 Å². The van der Waals surface area contributed by atoms with Gasteiger partial charge in [0.1, 0.15) is 5.75 Å². The highest BCUT2D eigenvalue weighted by Crippen LogP contribution is 2.38. The number of rotatable bonds is 4. The van der Waals surface area contributed by atoms with Gasteiger partial charge in [0.15, 0.2) is 0 Å². The summed E-state index contributed by atoms with van der Waals surface area (Å²) in [6.45, 7) is 1.60. The number of benzene rings is 1. The Hall–Kier alpha value is -0.560. The molecular formula is C11H13BrCl2FNO3. The highest BCUT2D eigenvalue weighted by atomic mass is 79.9. The number of phenols is 1. The van der Waals surface area contributed by atoms with Crippen molar-refractivity contribution in [3.63, 3.8) is 0 Å². The molecule has 0 saturated heterocycles. The molecular weight excluding hydrogens is 364 g/mol. The number of carbonyl (C=O) groups is 1. The van der Waals surface area contributed by atoms with Gasteiger partial charge in [-0.1, -0.05) is 11.6 Å². The van der Waals surface area contributed by atoms with Crippen LogP contribution in [0, 0.1) is 0 Å². The summed E-state index contributed by atoms with van der Waals surface area (Å²) < 4.78 is 18.6. The van der Waals surface area contributed by atoms with Crippen LogP contribution in [0.4, 0.5) is 4.39 Å². The van der Waals surface area contributed by atoms with Crippen molar-refractivity contribution in [3.8, 4) is 5.75 Å². The number of ether oxygens (including phenoxy) is 1. The first-order valence-corrected chi connectivity index (χ1v) is 6.30. The number of phenolic OH excluding ortho intramolecular Hbond substituents is 1.